The number of ether oxygens (including phenoxy) is 2. The molecule has 1 aliphatic rings. The Balaban J connectivity index is 1.60. The van der Waals surface area contributed by atoms with Crippen LogP contribution in [-0.4, -0.2) is 49.1 Å². The lowest BCUT2D eigenvalue weighted by molar-refractivity contribution is -0.160. The zero-order chi connectivity index (χ0) is 28.9. The van der Waals surface area contributed by atoms with Crippen molar-refractivity contribution in [2.45, 2.75) is 105 Å². The van der Waals surface area contributed by atoms with E-state index in [1.807, 2.05) is 63.8 Å². The molecule has 0 fully saturated rings. The van der Waals surface area contributed by atoms with Crippen LogP contribution >= 0.6 is 0 Å². The van der Waals surface area contributed by atoms with Gasteiger partial charge in [0.05, 0.1) is 17.3 Å². The molecule has 8 nitrogen and oxygen atoms in total. The summed E-state index contributed by atoms with van der Waals surface area (Å²) in [7, 11) is 0. The van der Waals surface area contributed by atoms with Gasteiger partial charge in [-0.05, 0) is 88.6 Å². The number of hydrogen-bond acceptors (Lipinski definition) is 7. The Morgan fingerprint density at radius 1 is 1.23 bits per heavy atom. The molecule has 0 aliphatic carbocycles. The number of carbonyl (C=O) groups is 1. The molecule has 2 unspecified atom stereocenters. The minimum absolute atomic E-state index is 0.0146. The third-order valence-corrected chi connectivity index (χ3v) is 7.63. The van der Waals surface area contributed by atoms with Crippen molar-refractivity contribution in [1.82, 2.24) is 24.9 Å². The first kappa shape index (κ1) is 29.7. The predicted octanol–water partition coefficient (Wildman–Crippen LogP) is 5.87. The lowest BCUT2D eigenvalue weighted by Crippen LogP contribution is -2.32. The molecule has 0 bridgehead atoms. The van der Waals surface area contributed by atoms with Gasteiger partial charge in [0, 0.05) is 38.6 Å². The van der Waals surface area contributed by atoms with Crippen LogP contribution in [0.25, 0.3) is 0 Å². The van der Waals surface area contributed by atoms with Crippen LogP contribution in [0.1, 0.15) is 88.4 Å². The molecular formula is C32H45N5O3. The lowest BCUT2D eigenvalue weighted by atomic mass is 9.82. The minimum Gasteiger partial charge on any atom is -0.487 e. The van der Waals surface area contributed by atoms with Gasteiger partial charge < -0.3 is 9.47 Å². The van der Waals surface area contributed by atoms with E-state index < -0.39 is 5.60 Å². The van der Waals surface area contributed by atoms with Crippen molar-refractivity contribution in [3.63, 3.8) is 0 Å². The summed E-state index contributed by atoms with van der Waals surface area (Å²) in [5.41, 5.74) is 5.02. The quantitative estimate of drug-likeness (QED) is 0.294. The monoisotopic (exact) mass is 547 g/mol. The molecule has 8 heteroatoms. The van der Waals surface area contributed by atoms with Crippen LogP contribution in [0.15, 0.2) is 42.7 Å². The van der Waals surface area contributed by atoms with E-state index in [9.17, 15) is 4.79 Å². The van der Waals surface area contributed by atoms with Gasteiger partial charge in [-0.25, -0.2) is 0 Å². The van der Waals surface area contributed by atoms with E-state index in [0.717, 1.165) is 68.1 Å². The summed E-state index contributed by atoms with van der Waals surface area (Å²) >= 11 is 0. The Bertz CT molecular complexity index is 1280. The van der Waals surface area contributed by atoms with Crippen molar-refractivity contribution in [2.24, 2.45) is 5.92 Å². The van der Waals surface area contributed by atoms with Crippen LogP contribution in [0.5, 0.6) is 5.75 Å². The summed E-state index contributed by atoms with van der Waals surface area (Å²) in [5, 5.41) is 8.54. The summed E-state index contributed by atoms with van der Waals surface area (Å²) in [5.74, 6) is 0.394. The highest BCUT2D eigenvalue weighted by Gasteiger charge is 2.30. The van der Waals surface area contributed by atoms with Crippen LogP contribution in [0, 0.1) is 12.8 Å². The second kappa shape index (κ2) is 12.9. The first-order valence-corrected chi connectivity index (χ1v) is 14.6. The fraction of sp³-hybridized carbons (Fsp3) is 0.562. The Morgan fingerprint density at radius 2 is 2.02 bits per heavy atom. The highest BCUT2D eigenvalue weighted by atomic mass is 16.6. The summed E-state index contributed by atoms with van der Waals surface area (Å²) in [6.07, 6.45) is 6.39. The molecule has 4 rings (SSSR count). The Kier molecular flexibility index (Phi) is 9.61. The van der Waals surface area contributed by atoms with Gasteiger partial charge in [0.25, 0.3) is 0 Å². The van der Waals surface area contributed by atoms with Crippen molar-refractivity contribution in [3.05, 3.63) is 70.8 Å². The Morgan fingerprint density at radius 3 is 2.73 bits per heavy atom. The summed E-state index contributed by atoms with van der Waals surface area (Å²) < 4.78 is 13.9. The second-order valence-electron chi connectivity index (χ2n) is 12.0. The van der Waals surface area contributed by atoms with Crippen molar-refractivity contribution in [2.75, 3.05) is 6.54 Å². The van der Waals surface area contributed by atoms with Crippen molar-refractivity contribution in [3.8, 4) is 5.75 Å². The van der Waals surface area contributed by atoms with Gasteiger partial charge in [0.1, 0.15) is 17.5 Å². The Labute approximate surface area is 239 Å². The van der Waals surface area contributed by atoms with E-state index in [2.05, 4.69) is 52.2 Å². The number of rotatable bonds is 10. The van der Waals surface area contributed by atoms with E-state index in [1.165, 1.54) is 11.1 Å². The third-order valence-electron chi connectivity index (χ3n) is 7.63. The van der Waals surface area contributed by atoms with Crippen LogP contribution in [0.4, 0.5) is 0 Å². The molecule has 0 N–H and O–H groups in total. The molecule has 40 heavy (non-hydrogen) atoms. The number of aromatic nitrogens is 4. The average Bonchev–Trinajstić information content (AvgIpc) is 3.29. The van der Waals surface area contributed by atoms with Gasteiger partial charge in [0.2, 0.25) is 0 Å². The SMILES string of the molecule is CC[C@@H]1CN(Cc2cc(C(CCc3cn(CC)nn3)C(C)C(=O)OC(C)(C)C)ccc2C)Cc2ncccc2O1. The maximum absolute atomic E-state index is 13.2. The third kappa shape index (κ3) is 7.68. The zero-order valence-corrected chi connectivity index (χ0v) is 25.2. The molecule has 0 saturated heterocycles. The molecule has 3 atom stereocenters. The number of benzene rings is 1. The van der Waals surface area contributed by atoms with Crippen molar-refractivity contribution in [1.29, 1.82) is 0 Å². The number of aryl methyl sites for hydroxylation is 3. The van der Waals surface area contributed by atoms with Gasteiger partial charge in [-0.2, -0.15) is 0 Å². The van der Waals surface area contributed by atoms with Crippen LogP contribution < -0.4 is 4.74 Å². The first-order chi connectivity index (χ1) is 19.1. The lowest BCUT2D eigenvalue weighted by Gasteiger charge is -2.28. The largest absolute Gasteiger partial charge is 0.487 e. The summed E-state index contributed by atoms with van der Waals surface area (Å²) in [4.78, 5) is 20.3. The molecule has 1 aromatic carbocycles. The van der Waals surface area contributed by atoms with E-state index in [-0.39, 0.29) is 23.9 Å². The maximum Gasteiger partial charge on any atom is 0.309 e. The first-order valence-electron chi connectivity index (χ1n) is 14.6. The molecule has 216 valence electrons. The van der Waals surface area contributed by atoms with E-state index in [4.69, 9.17) is 9.47 Å². The molecular weight excluding hydrogens is 502 g/mol. The summed E-state index contributed by atoms with van der Waals surface area (Å²) in [6.45, 7) is 17.3. The van der Waals surface area contributed by atoms with Crippen LogP contribution in [-0.2, 0) is 35.6 Å². The van der Waals surface area contributed by atoms with Crippen LogP contribution in [0.2, 0.25) is 0 Å². The molecule has 1 aliphatic heterocycles. The number of fused-ring (bicyclic) bond motifs is 1. The number of hydrogen-bond donors (Lipinski definition) is 0. The van der Waals surface area contributed by atoms with Crippen LogP contribution in [0.3, 0.4) is 0 Å². The van der Waals surface area contributed by atoms with E-state index in [1.54, 1.807) is 0 Å². The fourth-order valence-electron chi connectivity index (χ4n) is 5.27. The smallest absolute Gasteiger partial charge is 0.309 e. The molecule has 0 radical (unpaired) electrons. The van der Waals surface area contributed by atoms with Gasteiger partial charge >= 0.3 is 5.97 Å². The fourth-order valence-corrected chi connectivity index (χ4v) is 5.27. The topological polar surface area (TPSA) is 82.4 Å². The van der Waals surface area contributed by atoms with Crippen molar-refractivity contribution >= 4 is 5.97 Å². The normalized spacial score (nSPS) is 17.4. The zero-order valence-electron chi connectivity index (χ0n) is 25.2. The summed E-state index contributed by atoms with van der Waals surface area (Å²) in [6, 6.07) is 10.6. The number of carbonyl (C=O) groups excluding carboxylic acids is 1. The van der Waals surface area contributed by atoms with Gasteiger partial charge in [0.15, 0.2) is 0 Å². The highest BCUT2D eigenvalue weighted by Crippen LogP contribution is 2.33. The highest BCUT2D eigenvalue weighted by molar-refractivity contribution is 5.73. The predicted molar refractivity (Wildman–Crippen MR) is 156 cm³/mol. The molecule has 3 heterocycles. The average molecular weight is 548 g/mol. The number of nitrogens with zero attached hydrogens (tertiary/aromatic N) is 5. The standard InChI is InChI=1S/C32H45N5O3/c1-8-27-20-36(21-29-30(39-27)11-10-16-33-29)18-25-17-24(13-12-22(25)3)28(23(4)31(38)40-32(5,6)7)15-14-26-19-37(9-2)35-34-26/h10-13,16-17,19,23,27-28H,8-9,14-15,18,20-21H2,1-7H3/t23?,27-,28?/m1/s1. The number of pyridine rings is 1. The van der Waals surface area contributed by atoms with E-state index >= 15 is 0 Å². The molecule has 0 amide bonds. The second-order valence-corrected chi connectivity index (χ2v) is 12.0. The Hall–Kier alpha value is -3.26. The van der Waals surface area contributed by atoms with Crippen molar-refractivity contribution < 1.29 is 14.3 Å². The molecule has 0 saturated carbocycles. The van der Waals surface area contributed by atoms with Gasteiger partial charge in [-0.3, -0.25) is 19.4 Å². The molecule has 0 spiro atoms. The molecule has 3 aromatic rings. The molecule has 2 aromatic heterocycles. The maximum atomic E-state index is 13.2. The van der Waals surface area contributed by atoms with E-state index in [0.29, 0.717) is 0 Å². The minimum atomic E-state index is -0.535. The van der Waals surface area contributed by atoms with Gasteiger partial charge in [-0.15, -0.1) is 5.10 Å². The van der Waals surface area contributed by atoms with Gasteiger partial charge in [-0.1, -0.05) is 37.3 Å². The number of esters is 1.